The second-order valence-corrected chi connectivity index (χ2v) is 12.2. The van der Waals surface area contributed by atoms with E-state index in [0.717, 1.165) is 6.54 Å². The number of hydrogen-bond acceptors (Lipinski definition) is 2. The summed E-state index contributed by atoms with van der Waals surface area (Å²) in [5, 5.41) is 0.183. The fourth-order valence-electron chi connectivity index (χ4n) is 2.36. The van der Waals surface area contributed by atoms with Gasteiger partial charge in [0.1, 0.15) is 0 Å². The molecule has 1 atom stereocenters. The van der Waals surface area contributed by atoms with E-state index in [9.17, 15) is 4.79 Å². The fourth-order valence-corrected chi connectivity index (χ4v) is 3.71. The molecule has 2 rings (SSSR count). The smallest absolute Gasteiger partial charge is 0.225 e. The van der Waals surface area contributed by atoms with Crippen LogP contribution in [0.3, 0.4) is 0 Å². The SMILES string of the molecule is CC(C)(C)[Si](C)(C)O[C@H]1CC(=O)N(Cc2ccccc2)C1. The number of rotatable bonds is 4. The van der Waals surface area contributed by atoms with Gasteiger partial charge in [0.15, 0.2) is 8.32 Å². The summed E-state index contributed by atoms with van der Waals surface area (Å²) in [6.07, 6.45) is 0.585. The molecule has 21 heavy (non-hydrogen) atoms. The van der Waals surface area contributed by atoms with Gasteiger partial charge in [-0.25, -0.2) is 0 Å². The van der Waals surface area contributed by atoms with Gasteiger partial charge in [-0.2, -0.15) is 0 Å². The summed E-state index contributed by atoms with van der Waals surface area (Å²) in [6.45, 7) is 12.6. The minimum atomic E-state index is -1.80. The molecular formula is C17H27NO2Si. The van der Waals surface area contributed by atoms with Crippen LogP contribution in [-0.4, -0.2) is 31.8 Å². The van der Waals surface area contributed by atoms with Crippen molar-refractivity contribution in [2.24, 2.45) is 0 Å². The molecule has 1 amide bonds. The second-order valence-electron chi connectivity index (χ2n) is 7.46. The first-order valence-corrected chi connectivity index (χ1v) is 10.6. The molecule has 1 aliphatic heterocycles. The number of amides is 1. The average molecular weight is 305 g/mol. The van der Waals surface area contributed by atoms with Gasteiger partial charge in [0.05, 0.1) is 12.5 Å². The van der Waals surface area contributed by atoms with E-state index in [2.05, 4.69) is 46.0 Å². The highest BCUT2D eigenvalue weighted by Crippen LogP contribution is 2.38. The summed E-state index contributed by atoms with van der Waals surface area (Å²) in [5.41, 5.74) is 1.18. The highest BCUT2D eigenvalue weighted by Gasteiger charge is 2.42. The van der Waals surface area contributed by atoms with Crippen molar-refractivity contribution in [2.45, 2.75) is 58.0 Å². The summed E-state index contributed by atoms with van der Waals surface area (Å²) >= 11 is 0. The van der Waals surface area contributed by atoms with E-state index >= 15 is 0 Å². The predicted octanol–water partition coefficient (Wildman–Crippen LogP) is 3.81. The van der Waals surface area contributed by atoms with Gasteiger partial charge >= 0.3 is 0 Å². The standard InChI is InChI=1S/C17H27NO2Si/c1-17(2,3)21(4,5)20-15-11-16(19)18(13-15)12-14-9-7-6-8-10-14/h6-10,15H,11-13H2,1-5H3/t15-/m0/s1. The van der Waals surface area contributed by atoms with E-state index in [-0.39, 0.29) is 17.0 Å². The summed E-state index contributed by atoms with van der Waals surface area (Å²) in [5.74, 6) is 0.211. The lowest BCUT2D eigenvalue weighted by atomic mass is 10.2. The van der Waals surface area contributed by atoms with Crippen LogP contribution in [0, 0.1) is 0 Å². The molecule has 1 heterocycles. The van der Waals surface area contributed by atoms with Gasteiger partial charge in [-0.3, -0.25) is 4.79 Å². The Balaban J connectivity index is 1.97. The predicted molar refractivity (Wildman–Crippen MR) is 88.5 cm³/mol. The Kier molecular flexibility index (Phi) is 4.59. The van der Waals surface area contributed by atoms with Crippen molar-refractivity contribution in [1.29, 1.82) is 0 Å². The molecule has 1 aromatic carbocycles. The van der Waals surface area contributed by atoms with E-state index in [4.69, 9.17) is 4.43 Å². The minimum absolute atomic E-state index is 0.0575. The van der Waals surface area contributed by atoms with Gasteiger partial charge in [0.25, 0.3) is 0 Å². The number of nitrogens with zero attached hydrogens (tertiary/aromatic N) is 1. The lowest BCUT2D eigenvalue weighted by Crippen LogP contribution is -2.44. The van der Waals surface area contributed by atoms with Crippen molar-refractivity contribution >= 4 is 14.2 Å². The number of hydrogen-bond donors (Lipinski definition) is 0. The Morgan fingerprint density at radius 3 is 2.43 bits per heavy atom. The van der Waals surface area contributed by atoms with Crippen molar-refractivity contribution in [1.82, 2.24) is 4.90 Å². The maximum Gasteiger partial charge on any atom is 0.225 e. The van der Waals surface area contributed by atoms with E-state index in [1.54, 1.807) is 0 Å². The van der Waals surface area contributed by atoms with Crippen molar-refractivity contribution in [2.75, 3.05) is 6.54 Å². The quantitative estimate of drug-likeness (QED) is 0.792. The van der Waals surface area contributed by atoms with E-state index < -0.39 is 8.32 Å². The third-order valence-electron chi connectivity index (χ3n) is 4.66. The monoisotopic (exact) mass is 305 g/mol. The summed E-state index contributed by atoms with van der Waals surface area (Å²) in [6, 6.07) is 10.2. The fraction of sp³-hybridized carbons (Fsp3) is 0.588. The zero-order valence-electron chi connectivity index (χ0n) is 13.8. The molecule has 3 nitrogen and oxygen atoms in total. The van der Waals surface area contributed by atoms with Gasteiger partial charge in [-0.1, -0.05) is 51.1 Å². The summed E-state index contributed by atoms with van der Waals surface area (Å²) in [4.78, 5) is 14.1. The topological polar surface area (TPSA) is 29.5 Å². The highest BCUT2D eigenvalue weighted by molar-refractivity contribution is 6.74. The van der Waals surface area contributed by atoms with Crippen LogP contribution >= 0.6 is 0 Å². The number of carbonyl (C=O) groups is 1. The van der Waals surface area contributed by atoms with Gasteiger partial charge < -0.3 is 9.33 Å². The first kappa shape index (κ1) is 16.2. The van der Waals surface area contributed by atoms with E-state index in [1.165, 1.54) is 5.56 Å². The maximum atomic E-state index is 12.2. The van der Waals surface area contributed by atoms with Gasteiger partial charge in [-0.15, -0.1) is 0 Å². The Morgan fingerprint density at radius 1 is 1.24 bits per heavy atom. The molecule has 0 saturated carbocycles. The average Bonchev–Trinajstić information content (AvgIpc) is 2.68. The first-order chi connectivity index (χ1) is 9.69. The van der Waals surface area contributed by atoms with Crippen molar-refractivity contribution in [3.63, 3.8) is 0 Å². The van der Waals surface area contributed by atoms with Crippen molar-refractivity contribution in [3.05, 3.63) is 35.9 Å². The molecule has 1 fully saturated rings. The normalized spacial score (nSPS) is 20.1. The number of carbonyl (C=O) groups excluding carboxylic acids is 1. The van der Waals surface area contributed by atoms with Gasteiger partial charge in [-0.05, 0) is 23.7 Å². The number of benzene rings is 1. The molecule has 1 aliphatic rings. The summed E-state index contributed by atoms with van der Waals surface area (Å²) < 4.78 is 6.38. The molecule has 0 N–H and O–H groups in total. The molecule has 0 unspecified atom stereocenters. The first-order valence-electron chi connectivity index (χ1n) is 7.68. The van der Waals surface area contributed by atoms with Crippen molar-refractivity contribution < 1.29 is 9.22 Å². The lowest BCUT2D eigenvalue weighted by Gasteiger charge is -2.38. The number of likely N-dealkylation sites (tertiary alicyclic amines) is 1. The molecule has 1 aromatic rings. The van der Waals surface area contributed by atoms with Crippen LogP contribution in [0.15, 0.2) is 30.3 Å². The Morgan fingerprint density at radius 2 is 1.86 bits per heavy atom. The molecule has 116 valence electrons. The van der Waals surface area contributed by atoms with Crippen molar-refractivity contribution in [3.8, 4) is 0 Å². The van der Waals surface area contributed by atoms with Crippen LogP contribution in [0.1, 0.15) is 32.8 Å². The molecule has 0 spiro atoms. The third kappa shape index (κ3) is 3.95. The zero-order chi connectivity index (χ0) is 15.7. The van der Waals surface area contributed by atoms with Crippen LogP contribution in [0.2, 0.25) is 18.1 Å². The largest absolute Gasteiger partial charge is 0.412 e. The van der Waals surface area contributed by atoms with Crippen LogP contribution in [0.5, 0.6) is 0 Å². The maximum absolute atomic E-state index is 12.2. The van der Waals surface area contributed by atoms with Crippen LogP contribution < -0.4 is 0 Å². The highest BCUT2D eigenvalue weighted by atomic mass is 28.4. The molecule has 0 radical (unpaired) electrons. The van der Waals surface area contributed by atoms with E-state index in [1.807, 2.05) is 23.1 Å². The van der Waals surface area contributed by atoms with Crippen LogP contribution in [0.4, 0.5) is 0 Å². The molecular weight excluding hydrogens is 278 g/mol. The molecule has 0 bridgehead atoms. The zero-order valence-corrected chi connectivity index (χ0v) is 14.8. The summed E-state index contributed by atoms with van der Waals surface area (Å²) in [7, 11) is -1.80. The van der Waals surface area contributed by atoms with Gasteiger partial charge in [0.2, 0.25) is 5.91 Å². The lowest BCUT2D eigenvalue weighted by molar-refractivity contribution is -0.128. The second kappa shape index (κ2) is 5.93. The molecule has 1 saturated heterocycles. The van der Waals surface area contributed by atoms with E-state index in [0.29, 0.717) is 13.0 Å². The Labute approximate surface area is 129 Å². The van der Waals surface area contributed by atoms with Crippen LogP contribution in [-0.2, 0) is 15.8 Å². The van der Waals surface area contributed by atoms with Gasteiger partial charge in [0, 0.05) is 13.1 Å². The van der Waals surface area contributed by atoms with Crippen LogP contribution in [0.25, 0.3) is 0 Å². The minimum Gasteiger partial charge on any atom is -0.412 e. The molecule has 0 aliphatic carbocycles. The third-order valence-corrected chi connectivity index (χ3v) is 9.20. The molecule has 4 heteroatoms. The Bertz CT molecular complexity index is 493. The Hall–Kier alpha value is -1.13. The molecule has 0 aromatic heterocycles.